The van der Waals surface area contributed by atoms with Crippen LogP contribution in [-0.2, 0) is 4.79 Å². The molecule has 0 aromatic heterocycles. The van der Waals surface area contributed by atoms with Crippen LogP contribution < -0.4 is 0 Å². The monoisotopic (exact) mass is 404 g/mol. The summed E-state index contributed by atoms with van der Waals surface area (Å²) in [5.41, 5.74) is 1.21. The Labute approximate surface area is 156 Å². The molecule has 0 aliphatic carbocycles. The number of hydrogen-bond acceptors (Lipinski definition) is 3. The zero-order valence-electron chi connectivity index (χ0n) is 13.7. The van der Waals surface area contributed by atoms with Crippen molar-refractivity contribution in [3.63, 3.8) is 0 Å². The summed E-state index contributed by atoms with van der Waals surface area (Å²) in [5.74, 6) is 0.694. The first-order chi connectivity index (χ1) is 11.6. The lowest BCUT2D eigenvalue weighted by Crippen LogP contribution is -2.49. The standard InChI is InChI=1S/C19H21BrN2OS/c1-21-11-12-22(18(13-21)15-5-3-2-4-6-15)19(23)14-24-17-9-7-16(20)8-10-17/h2-10,18H,11-14H2,1H3. The Morgan fingerprint density at radius 1 is 1.12 bits per heavy atom. The van der Waals surface area contributed by atoms with Gasteiger partial charge >= 0.3 is 0 Å². The number of amides is 1. The van der Waals surface area contributed by atoms with Gasteiger partial charge in [-0.25, -0.2) is 0 Å². The molecule has 5 heteroatoms. The first-order valence-electron chi connectivity index (χ1n) is 8.05. The molecule has 1 heterocycles. The second-order valence-electron chi connectivity index (χ2n) is 6.02. The third-order valence-electron chi connectivity index (χ3n) is 4.26. The van der Waals surface area contributed by atoms with Crippen molar-refractivity contribution in [2.75, 3.05) is 32.4 Å². The smallest absolute Gasteiger partial charge is 0.233 e. The zero-order chi connectivity index (χ0) is 16.9. The summed E-state index contributed by atoms with van der Waals surface area (Å²) < 4.78 is 1.06. The van der Waals surface area contributed by atoms with Gasteiger partial charge in [0, 0.05) is 29.0 Å². The molecule has 126 valence electrons. The minimum atomic E-state index is 0.142. The van der Waals surface area contributed by atoms with Crippen molar-refractivity contribution in [2.24, 2.45) is 0 Å². The maximum Gasteiger partial charge on any atom is 0.233 e. The topological polar surface area (TPSA) is 23.6 Å². The molecule has 24 heavy (non-hydrogen) atoms. The Hall–Kier alpha value is -1.30. The van der Waals surface area contributed by atoms with Crippen LogP contribution in [0.5, 0.6) is 0 Å². The van der Waals surface area contributed by atoms with E-state index in [0.29, 0.717) is 5.75 Å². The fraction of sp³-hybridized carbons (Fsp3) is 0.316. The number of benzene rings is 2. The summed E-state index contributed by atoms with van der Waals surface area (Å²) in [6, 6.07) is 18.6. The number of piperazine rings is 1. The number of halogens is 1. The summed E-state index contributed by atoms with van der Waals surface area (Å²) in [6.07, 6.45) is 0. The highest BCUT2D eigenvalue weighted by atomic mass is 79.9. The van der Waals surface area contributed by atoms with Crippen LogP contribution in [0.2, 0.25) is 0 Å². The molecule has 0 saturated carbocycles. The van der Waals surface area contributed by atoms with E-state index in [1.807, 2.05) is 47.4 Å². The number of nitrogens with zero attached hydrogens (tertiary/aromatic N) is 2. The largest absolute Gasteiger partial charge is 0.332 e. The fourth-order valence-electron chi connectivity index (χ4n) is 2.94. The Balaban J connectivity index is 1.68. The molecule has 3 nitrogen and oxygen atoms in total. The molecule has 1 atom stereocenters. The zero-order valence-corrected chi connectivity index (χ0v) is 16.1. The van der Waals surface area contributed by atoms with Crippen molar-refractivity contribution in [3.8, 4) is 0 Å². The van der Waals surface area contributed by atoms with Gasteiger partial charge in [-0.3, -0.25) is 4.79 Å². The van der Waals surface area contributed by atoms with Crippen LogP contribution in [0.1, 0.15) is 11.6 Å². The van der Waals surface area contributed by atoms with Crippen LogP contribution in [0, 0.1) is 0 Å². The summed E-state index contributed by atoms with van der Waals surface area (Å²) in [4.78, 5) is 18.3. The van der Waals surface area contributed by atoms with Crippen LogP contribution in [0.25, 0.3) is 0 Å². The Kier molecular flexibility index (Phi) is 5.98. The van der Waals surface area contributed by atoms with Crippen molar-refractivity contribution >= 4 is 33.6 Å². The van der Waals surface area contributed by atoms with Gasteiger partial charge < -0.3 is 9.80 Å². The number of rotatable bonds is 4. The molecule has 1 unspecified atom stereocenters. The summed E-state index contributed by atoms with van der Waals surface area (Å²) in [6.45, 7) is 2.60. The van der Waals surface area contributed by atoms with Gasteiger partial charge in [0.05, 0.1) is 11.8 Å². The molecular weight excluding hydrogens is 384 g/mol. The van der Waals surface area contributed by atoms with Crippen molar-refractivity contribution < 1.29 is 4.79 Å². The highest BCUT2D eigenvalue weighted by molar-refractivity contribution is 9.10. The second kappa shape index (κ2) is 8.19. The molecule has 1 amide bonds. The van der Waals surface area contributed by atoms with E-state index >= 15 is 0 Å². The van der Waals surface area contributed by atoms with E-state index in [1.165, 1.54) is 5.56 Å². The summed E-state index contributed by atoms with van der Waals surface area (Å²) >= 11 is 5.04. The SMILES string of the molecule is CN1CCN(C(=O)CSc2ccc(Br)cc2)C(c2ccccc2)C1. The summed E-state index contributed by atoms with van der Waals surface area (Å²) in [7, 11) is 2.12. The molecule has 2 aromatic rings. The molecule has 0 spiro atoms. The molecule has 0 bridgehead atoms. The molecule has 2 aromatic carbocycles. The van der Waals surface area contributed by atoms with E-state index in [2.05, 4.69) is 40.0 Å². The highest BCUT2D eigenvalue weighted by Crippen LogP contribution is 2.27. The quantitative estimate of drug-likeness (QED) is 0.717. The van der Waals surface area contributed by atoms with Crippen molar-refractivity contribution in [3.05, 3.63) is 64.6 Å². The molecule has 0 radical (unpaired) electrons. The van der Waals surface area contributed by atoms with Crippen LogP contribution in [0.3, 0.4) is 0 Å². The van der Waals surface area contributed by atoms with E-state index in [4.69, 9.17) is 0 Å². The number of carbonyl (C=O) groups is 1. The van der Waals surface area contributed by atoms with Gasteiger partial charge in [-0.15, -0.1) is 11.8 Å². The first kappa shape index (κ1) is 17.5. The van der Waals surface area contributed by atoms with Gasteiger partial charge in [-0.05, 0) is 36.9 Å². The van der Waals surface area contributed by atoms with Crippen molar-refractivity contribution in [2.45, 2.75) is 10.9 Å². The third-order valence-corrected chi connectivity index (χ3v) is 5.79. The number of thioether (sulfide) groups is 1. The van der Waals surface area contributed by atoms with E-state index in [-0.39, 0.29) is 11.9 Å². The lowest BCUT2D eigenvalue weighted by molar-refractivity contribution is -0.133. The van der Waals surface area contributed by atoms with Gasteiger partial charge in [0.2, 0.25) is 5.91 Å². The highest BCUT2D eigenvalue weighted by Gasteiger charge is 2.29. The van der Waals surface area contributed by atoms with Crippen LogP contribution in [0.15, 0.2) is 64.0 Å². The van der Waals surface area contributed by atoms with Crippen LogP contribution in [0.4, 0.5) is 0 Å². The lowest BCUT2D eigenvalue weighted by atomic mass is 10.0. The maximum absolute atomic E-state index is 12.8. The van der Waals surface area contributed by atoms with E-state index in [9.17, 15) is 4.79 Å². The van der Waals surface area contributed by atoms with E-state index < -0.39 is 0 Å². The summed E-state index contributed by atoms with van der Waals surface area (Å²) in [5, 5.41) is 0. The molecule has 1 aliphatic rings. The third kappa shape index (κ3) is 4.41. The average Bonchev–Trinajstić information content (AvgIpc) is 2.61. The molecular formula is C19H21BrN2OS. The maximum atomic E-state index is 12.8. The Morgan fingerprint density at radius 2 is 1.83 bits per heavy atom. The minimum absolute atomic E-state index is 0.142. The van der Waals surface area contributed by atoms with Crippen LogP contribution in [-0.4, -0.2) is 48.1 Å². The normalized spacial score (nSPS) is 18.6. The second-order valence-corrected chi connectivity index (χ2v) is 7.98. The van der Waals surface area contributed by atoms with Crippen molar-refractivity contribution in [1.29, 1.82) is 0 Å². The number of likely N-dealkylation sites (N-methyl/N-ethyl adjacent to an activating group) is 1. The van der Waals surface area contributed by atoms with Gasteiger partial charge in [-0.2, -0.15) is 0 Å². The molecule has 0 N–H and O–H groups in total. The van der Waals surface area contributed by atoms with Gasteiger partial charge in [0.25, 0.3) is 0 Å². The predicted molar refractivity (Wildman–Crippen MR) is 103 cm³/mol. The molecule has 1 aliphatic heterocycles. The van der Waals surface area contributed by atoms with Gasteiger partial charge in [0.1, 0.15) is 0 Å². The molecule has 1 fully saturated rings. The minimum Gasteiger partial charge on any atom is -0.332 e. The lowest BCUT2D eigenvalue weighted by Gasteiger charge is -2.40. The molecule has 3 rings (SSSR count). The first-order valence-corrected chi connectivity index (χ1v) is 9.82. The fourth-order valence-corrected chi connectivity index (χ4v) is 3.99. The molecule has 1 saturated heterocycles. The van der Waals surface area contributed by atoms with E-state index in [0.717, 1.165) is 29.0 Å². The van der Waals surface area contributed by atoms with Crippen molar-refractivity contribution in [1.82, 2.24) is 9.80 Å². The Morgan fingerprint density at radius 3 is 2.54 bits per heavy atom. The average molecular weight is 405 g/mol. The van der Waals surface area contributed by atoms with E-state index in [1.54, 1.807) is 11.8 Å². The van der Waals surface area contributed by atoms with Crippen LogP contribution >= 0.6 is 27.7 Å². The number of hydrogen-bond donors (Lipinski definition) is 0. The predicted octanol–water partition coefficient (Wildman–Crippen LogP) is 4.06. The Bertz CT molecular complexity index is 678. The van der Waals surface area contributed by atoms with Gasteiger partial charge in [-0.1, -0.05) is 46.3 Å². The number of carbonyl (C=O) groups excluding carboxylic acids is 1. The van der Waals surface area contributed by atoms with Gasteiger partial charge in [0.15, 0.2) is 0 Å².